The Kier molecular flexibility index (Phi) is 9.28. The van der Waals surface area contributed by atoms with Crippen LogP contribution in [0.3, 0.4) is 0 Å². The number of esters is 2. The lowest BCUT2D eigenvalue weighted by Crippen LogP contribution is -2.40. The van der Waals surface area contributed by atoms with Crippen LogP contribution in [0.5, 0.6) is 23.0 Å². The molecule has 4 rings (SSSR count). The second-order valence-electron chi connectivity index (χ2n) is 8.88. The van der Waals surface area contributed by atoms with Gasteiger partial charge in [-0.05, 0) is 69.2 Å². The number of aromatic nitrogens is 1. The third-order valence-corrected chi connectivity index (χ3v) is 7.12. The maximum atomic E-state index is 13.9. The first-order chi connectivity index (χ1) is 19.7. The van der Waals surface area contributed by atoms with E-state index in [1.807, 2.05) is 13.8 Å². The van der Waals surface area contributed by atoms with Crippen molar-refractivity contribution >= 4 is 29.4 Å². The van der Waals surface area contributed by atoms with Crippen molar-refractivity contribution in [3.05, 3.63) is 78.5 Å². The number of methoxy groups -OCH3 is 1. The number of ether oxygens (including phenoxy) is 5. The number of allylic oxidation sites excluding steroid dienone is 1. The van der Waals surface area contributed by atoms with Gasteiger partial charge in [0.15, 0.2) is 27.8 Å². The molecule has 0 aliphatic carbocycles. The zero-order chi connectivity index (χ0) is 29.7. The van der Waals surface area contributed by atoms with E-state index in [4.69, 9.17) is 23.7 Å². The van der Waals surface area contributed by atoms with E-state index in [0.29, 0.717) is 56.6 Å². The van der Waals surface area contributed by atoms with E-state index < -0.39 is 18.0 Å². The van der Waals surface area contributed by atoms with Crippen LogP contribution in [0, 0.1) is 0 Å². The third-order valence-electron chi connectivity index (χ3n) is 6.14. The Labute approximate surface area is 241 Å². The maximum Gasteiger partial charge on any atom is 0.338 e. The molecule has 216 valence electrons. The van der Waals surface area contributed by atoms with Crippen LogP contribution in [-0.2, 0) is 14.3 Å². The number of nitrogens with zero attached hydrogens (tertiary/aromatic N) is 2. The molecule has 0 saturated heterocycles. The van der Waals surface area contributed by atoms with Gasteiger partial charge < -0.3 is 23.7 Å². The predicted molar refractivity (Wildman–Crippen MR) is 153 cm³/mol. The van der Waals surface area contributed by atoms with Gasteiger partial charge in [-0.2, -0.15) is 0 Å². The number of hydrogen-bond donors (Lipinski definition) is 0. The van der Waals surface area contributed by atoms with Gasteiger partial charge in [0.25, 0.3) is 5.56 Å². The fourth-order valence-corrected chi connectivity index (χ4v) is 5.56. The van der Waals surface area contributed by atoms with E-state index in [1.165, 1.54) is 22.8 Å². The van der Waals surface area contributed by atoms with Crippen LogP contribution < -0.4 is 33.8 Å². The van der Waals surface area contributed by atoms with Crippen molar-refractivity contribution in [2.24, 2.45) is 4.99 Å². The van der Waals surface area contributed by atoms with Crippen LogP contribution in [0.4, 0.5) is 0 Å². The number of thiazole rings is 1. The van der Waals surface area contributed by atoms with Crippen molar-refractivity contribution in [2.75, 3.05) is 26.9 Å². The molecule has 0 unspecified atom stereocenters. The molecule has 0 bridgehead atoms. The minimum atomic E-state index is -0.803. The molecule has 0 amide bonds. The second-order valence-corrected chi connectivity index (χ2v) is 9.89. The quantitative estimate of drug-likeness (QED) is 0.264. The number of carbonyl (C=O) groups is 2. The van der Waals surface area contributed by atoms with E-state index in [-0.39, 0.29) is 23.5 Å². The zero-order valence-electron chi connectivity index (χ0n) is 23.8. The summed E-state index contributed by atoms with van der Waals surface area (Å²) in [4.78, 5) is 43.7. The van der Waals surface area contributed by atoms with Crippen LogP contribution in [0.1, 0.15) is 51.8 Å². The monoisotopic (exact) mass is 580 g/mol. The average Bonchev–Trinajstić information content (AvgIpc) is 3.23. The molecule has 10 nitrogen and oxygen atoms in total. The Morgan fingerprint density at radius 1 is 0.976 bits per heavy atom. The Morgan fingerprint density at radius 2 is 1.66 bits per heavy atom. The number of fused-ring (bicyclic) bond motifs is 1. The van der Waals surface area contributed by atoms with Crippen LogP contribution in [0.25, 0.3) is 6.08 Å². The summed E-state index contributed by atoms with van der Waals surface area (Å²) in [5, 5.41) is 0. The third kappa shape index (κ3) is 6.19. The van der Waals surface area contributed by atoms with Gasteiger partial charge in [0.1, 0.15) is 0 Å². The molecule has 1 aliphatic heterocycles. The lowest BCUT2D eigenvalue weighted by atomic mass is 9.95. The zero-order valence-corrected chi connectivity index (χ0v) is 24.6. The normalized spacial score (nSPS) is 14.7. The van der Waals surface area contributed by atoms with E-state index in [2.05, 4.69) is 4.99 Å². The topological polar surface area (TPSA) is 115 Å². The molecule has 1 aliphatic rings. The molecule has 3 aromatic rings. The number of rotatable bonds is 10. The SMILES string of the molecule is CCOC(=O)C1=C(C)N=c2s/c(=C\c3ccc(OC(C)=O)c(OCC)c3)c(=O)n2[C@H]1c1ccc(OC)c(OCC)c1. The molecule has 1 atom stereocenters. The van der Waals surface area contributed by atoms with Crippen LogP contribution in [-0.4, -0.2) is 43.4 Å². The molecule has 0 spiro atoms. The molecule has 0 fully saturated rings. The molecule has 0 N–H and O–H groups in total. The van der Waals surface area contributed by atoms with Crippen molar-refractivity contribution in [2.45, 2.75) is 40.7 Å². The fourth-order valence-electron chi connectivity index (χ4n) is 4.51. The predicted octanol–water partition coefficient (Wildman–Crippen LogP) is 3.53. The van der Waals surface area contributed by atoms with Gasteiger partial charge in [-0.15, -0.1) is 0 Å². The van der Waals surface area contributed by atoms with Gasteiger partial charge in [-0.1, -0.05) is 23.5 Å². The second kappa shape index (κ2) is 12.9. The summed E-state index contributed by atoms with van der Waals surface area (Å²) >= 11 is 1.20. The lowest BCUT2D eigenvalue weighted by molar-refractivity contribution is -0.139. The number of benzene rings is 2. The first-order valence-electron chi connectivity index (χ1n) is 13.2. The minimum Gasteiger partial charge on any atom is -0.493 e. The van der Waals surface area contributed by atoms with Crippen molar-refractivity contribution in [3.8, 4) is 23.0 Å². The molecule has 0 saturated carbocycles. The Hall–Kier alpha value is -4.38. The highest BCUT2D eigenvalue weighted by molar-refractivity contribution is 7.07. The fraction of sp³-hybridized carbons (Fsp3) is 0.333. The Bertz CT molecular complexity index is 1690. The molecule has 41 heavy (non-hydrogen) atoms. The highest BCUT2D eigenvalue weighted by atomic mass is 32.1. The van der Waals surface area contributed by atoms with Crippen LogP contribution in [0.15, 0.2) is 57.5 Å². The van der Waals surface area contributed by atoms with E-state index in [9.17, 15) is 14.4 Å². The van der Waals surface area contributed by atoms with Gasteiger partial charge in [0.2, 0.25) is 0 Å². The molecular formula is C30H32N2O8S. The Morgan fingerprint density at radius 3 is 2.29 bits per heavy atom. The Balaban J connectivity index is 1.91. The summed E-state index contributed by atoms with van der Waals surface area (Å²) in [6.45, 7) is 9.39. The summed E-state index contributed by atoms with van der Waals surface area (Å²) in [6, 6.07) is 9.55. The summed E-state index contributed by atoms with van der Waals surface area (Å²) < 4.78 is 29.4. The van der Waals surface area contributed by atoms with E-state index in [0.717, 1.165) is 0 Å². The van der Waals surface area contributed by atoms with Crippen molar-refractivity contribution in [3.63, 3.8) is 0 Å². The summed E-state index contributed by atoms with van der Waals surface area (Å²) in [5.74, 6) is 0.670. The standard InChI is InChI=1S/C30H32N2O8S/c1-7-37-23-14-19(10-12-22(23)40-18(5)33)15-25-28(34)32-27(20-11-13-21(36-6)24(16-20)38-8-2)26(29(35)39-9-3)17(4)31-30(32)41-25/h10-16,27H,7-9H2,1-6H3/b25-15-/t27-/m0/s1. The lowest BCUT2D eigenvalue weighted by Gasteiger charge is -2.25. The first kappa shape index (κ1) is 29.6. The van der Waals surface area contributed by atoms with E-state index in [1.54, 1.807) is 63.4 Å². The number of hydrogen-bond acceptors (Lipinski definition) is 10. The van der Waals surface area contributed by atoms with Crippen LogP contribution >= 0.6 is 11.3 Å². The smallest absolute Gasteiger partial charge is 0.338 e. The van der Waals surface area contributed by atoms with Gasteiger partial charge in [0, 0.05) is 6.92 Å². The molecule has 2 aromatic carbocycles. The molecule has 1 aromatic heterocycles. The van der Waals surface area contributed by atoms with Crippen molar-refractivity contribution < 1.29 is 33.3 Å². The minimum absolute atomic E-state index is 0.172. The highest BCUT2D eigenvalue weighted by Gasteiger charge is 2.34. The van der Waals surface area contributed by atoms with Gasteiger partial charge in [0.05, 0.1) is 48.8 Å². The van der Waals surface area contributed by atoms with Gasteiger partial charge >= 0.3 is 11.9 Å². The van der Waals surface area contributed by atoms with Gasteiger partial charge in [-0.25, -0.2) is 9.79 Å². The molecular weight excluding hydrogens is 548 g/mol. The molecule has 11 heteroatoms. The summed E-state index contributed by atoms with van der Waals surface area (Å²) in [7, 11) is 1.55. The van der Waals surface area contributed by atoms with Crippen LogP contribution in [0.2, 0.25) is 0 Å². The summed E-state index contributed by atoms with van der Waals surface area (Å²) in [6.07, 6.45) is 1.71. The average molecular weight is 581 g/mol. The maximum absolute atomic E-state index is 13.9. The largest absolute Gasteiger partial charge is 0.493 e. The van der Waals surface area contributed by atoms with Gasteiger partial charge in [-0.3, -0.25) is 14.2 Å². The molecule has 2 heterocycles. The van der Waals surface area contributed by atoms with E-state index >= 15 is 0 Å². The van der Waals surface area contributed by atoms with Crippen molar-refractivity contribution in [1.82, 2.24) is 4.57 Å². The first-order valence-corrected chi connectivity index (χ1v) is 14.0. The molecule has 0 radical (unpaired) electrons. The summed E-state index contributed by atoms with van der Waals surface area (Å²) in [5.41, 5.74) is 1.70. The van der Waals surface area contributed by atoms with Crippen molar-refractivity contribution in [1.29, 1.82) is 0 Å². The highest BCUT2D eigenvalue weighted by Crippen LogP contribution is 2.36. The number of carbonyl (C=O) groups excluding carboxylic acids is 2.